The number of aliphatic hydroxyl groups is 5. The summed E-state index contributed by atoms with van der Waals surface area (Å²) in [5.74, 6) is -0.799. The summed E-state index contributed by atoms with van der Waals surface area (Å²) in [5, 5.41) is 63.8. The second kappa shape index (κ2) is 43.6. The van der Waals surface area contributed by atoms with Crippen LogP contribution in [0, 0.1) is 0 Å². The Kier molecular flexibility index (Phi) is 39.5. The highest BCUT2D eigenvalue weighted by molar-refractivity contribution is 5.94. The van der Waals surface area contributed by atoms with E-state index in [4.69, 9.17) is 15.0 Å². The summed E-state index contributed by atoms with van der Waals surface area (Å²) >= 11 is 0. The molecule has 7 N–H and O–H groups in total. The first-order chi connectivity index (χ1) is 34.6. The highest BCUT2D eigenvalue weighted by Crippen LogP contribution is 2.24. The van der Waals surface area contributed by atoms with Gasteiger partial charge in [0, 0.05) is 29.1 Å². The second-order valence-electron chi connectivity index (χ2n) is 20.7. The number of benzene rings is 1. The molecule has 1 saturated heterocycles. The molecule has 1 aromatic carbocycles. The van der Waals surface area contributed by atoms with Crippen LogP contribution in [0.2, 0.25) is 0 Å². The fourth-order valence-electron chi connectivity index (χ4n) is 9.66. The van der Waals surface area contributed by atoms with Crippen LogP contribution in [0.3, 0.4) is 0 Å². The summed E-state index contributed by atoms with van der Waals surface area (Å²) in [5.41, 5.74) is 9.23. The van der Waals surface area contributed by atoms with Gasteiger partial charge in [-0.05, 0) is 30.5 Å². The van der Waals surface area contributed by atoms with Gasteiger partial charge in [-0.25, -0.2) is 0 Å². The molecule has 1 aliphatic rings. The van der Waals surface area contributed by atoms with E-state index in [1.807, 2.05) is 0 Å². The van der Waals surface area contributed by atoms with Gasteiger partial charge in [0.15, 0.2) is 6.29 Å². The smallest absolute Gasteiger partial charge is 0.251 e. The molecular weight excluding hydrogens is 899 g/mol. The lowest BCUT2D eigenvalue weighted by atomic mass is 9.98. The minimum Gasteiger partial charge on any atom is -0.390 e. The summed E-state index contributed by atoms with van der Waals surface area (Å²) in [6, 6.07) is 4.85. The molecule has 1 fully saturated rings. The van der Waals surface area contributed by atoms with Crippen molar-refractivity contribution in [1.82, 2.24) is 10.6 Å². The standard InChI is InChI=1S/C57H103N5O9/c1-3-5-7-9-11-13-15-17-18-19-20-21-22-23-24-25-26-27-29-31-33-35-37-39-51(64)60-48(52(65)49(63)38-36-34-32-30-28-16-14-12-10-8-6-4-2)45-70-57-55(68)54(67)53(66)50(71-57)44-59-56(69)46-40-42-47(43-41-46)61-62-58/h40-43,48-50,52-55,57,63,65-68H,3-39,44-45H2,1-2H3,(H,59,69)(H,60,64)/t48-,49+,50?,52-,53?,54?,55?,57?/m0/s1. The molecule has 2 rings (SSSR count). The number of carbonyl (C=O) groups is 2. The van der Waals surface area contributed by atoms with Crippen LogP contribution in [-0.4, -0.2) is 99.5 Å². The van der Waals surface area contributed by atoms with Crippen LogP contribution in [0.25, 0.3) is 10.4 Å². The van der Waals surface area contributed by atoms with E-state index in [9.17, 15) is 35.1 Å². The number of aliphatic hydroxyl groups excluding tert-OH is 5. The Hall–Kier alpha value is -2.81. The van der Waals surface area contributed by atoms with Crippen molar-refractivity contribution in [3.05, 3.63) is 40.3 Å². The number of carbonyl (C=O) groups excluding carboxylic acids is 2. The van der Waals surface area contributed by atoms with E-state index in [1.54, 1.807) is 0 Å². The summed E-state index contributed by atoms with van der Waals surface area (Å²) in [7, 11) is 0. The summed E-state index contributed by atoms with van der Waals surface area (Å²) in [6.45, 7) is 3.91. The van der Waals surface area contributed by atoms with Gasteiger partial charge in [-0.15, -0.1) is 0 Å². The van der Waals surface area contributed by atoms with Crippen LogP contribution in [-0.2, 0) is 14.3 Å². The SMILES string of the molecule is CCCCCCCCCCCCCCCCCCCCCCCCCC(=O)N[C@@H](COC1OC(CNC(=O)c2ccc(N=[N+]=[N-])cc2)C(O)C(O)C1O)[C@H](O)[C@H](O)CCCCCCCCCCCCCC. The van der Waals surface area contributed by atoms with Gasteiger partial charge in [0.25, 0.3) is 5.91 Å². The van der Waals surface area contributed by atoms with E-state index in [0.29, 0.717) is 18.5 Å². The number of nitrogens with one attached hydrogen (secondary N) is 2. The zero-order chi connectivity index (χ0) is 51.6. The molecule has 8 atom stereocenters. The predicted octanol–water partition coefficient (Wildman–Crippen LogP) is 12.9. The number of nitrogens with zero attached hydrogens (tertiary/aromatic N) is 3. The molecule has 1 heterocycles. The Bertz CT molecular complexity index is 1480. The van der Waals surface area contributed by atoms with Gasteiger partial charge in [0.1, 0.15) is 30.5 Å². The molecule has 71 heavy (non-hydrogen) atoms. The van der Waals surface area contributed by atoms with E-state index in [2.05, 4.69) is 34.5 Å². The largest absolute Gasteiger partial charge is 0.390 e. The average Bonchev–Trinajstić information content (AvgIpc) is 3.37. The zero-order valence-corrected chi connectivity index (χ0v) is 44.7. The summed E-state index contributed by atoms with van der Waals surface area (Å²) < 4.78 is 11.7. The molecule has 14 heteroatoms. The molecule has 0 spiro atoms. The molecule has 1 aliphatic heterocycles. The number of hydrogen-bond donors (Lipinski definition) is 7. The first-order valence-corrected chi connectivity index (χ1v) is 29.0. The van der Waals surface area contributed by atoms with Crippen LogP contribution < -0.4 is 10.6 Å². The van der Waals surface area contributed by atoms with E-state index in [0.717, 1.165) is 44.9 Å². The van der Waals surface area contributed by atoms with E-state index in [-0.39, 0.29) is 31.0 Å². The van der Waals surface area contributed by atoms with Gasteiger partial charge in [-0.1, -0.05) is 249 Å². The highest BCUT2D eigenvalue weighted by Gasteiger charge is 2.45. The summed E-state index contributed by atoms with van der Waals surface area (Å²) in [6.07, 6.45) is 34.3. The lowest BCUT2D eigenvalue weighted by molar-refractivity contribution is -0.297. The maximum absolute atomic E-state index is 13.3. The minimum atomic E-state index is -1.69. The number of azide groups is 1. The number of rotatable bonds is 47. The average molecular weight is 1000 g/mol. The molecule has 14 nitrogen and oxygen atoms in total. The fraction of sp³-hybridized carbons (Fsp3) is 0.860. The Morgan fingerprint density at radius 3 is 1.44 bits per heavy atom. The number of amides is 2. The van der Waals surface area contributed by atoms with E-state index < -0.39 is 54.9 Å². The Balaban J connectivity index is 1.75. The van der Waals surface area contributed by atoms with Crippen molar-refractivity contribution in [3.63, 3.8) is 0 Å². The predicted molar refractivity (Wildman–Crippen MR) is 286 cm³/mol. The lowest BCUT2D eigenvalue weighted by Crippen LogP contribution is -2.61. The third kappa shape index (κ3) is 31.5. The molecule has 2 amide bonds. The molecule has 1 aromatic rings. The quantitative estimate of drug-likeness (QED) is 0.0142. The molecule has 5 unspecified atom stereocenters. The molecule has 0 aliphatic carbocycles. The zero-order valence-electron chi connectivity index (χ0n) is 44.7. The Morgan fingerprint density at radius 2 is 1.01 bits per heavy atom. The van der Waals surface area contributed by atoms with Gasteiger partial charge < -0.3 is 45.6 Å². The fourth-order valence-corrected chi connectivity index (χ4v) is 9.66. The first kappa shape index (κ1) is 64.3. The van der Waals surface area contributed by atoms with Crippen molar-refractivity contribution in [1.29, 1.82) is 0 Å². The van der Waals surface area contributed by atoms with Crippen molar-refractivity contribution in [3.8, 4) is 0 Å². The highest BCUT2D eigenvalue weighted by atomic mass is 16.7. The maximum Gasteiger partial charge on any atom is 0.251 e. The lowest BCUT2D eigenvalue weighted by Gasteiger charge is -2.41. The Morgan fingerprint density at radius 1 is 0.606 bits per heavy atom. The number of unbranched alkanes of at least 4 members (excludes halogenated alkanes) is 33. The van der Waals surface area contributed by atoms with E-state index >= 15 is 0 Å². The molecular formula is C57H103N5O9. The van der Waals surface area contributed by atoms with Crippen molar-refractivity contribution in [2.75, 3.05) is 13.2 Å². The monoisotopic (exact) mass is 1000 g/mol. The summed E-state index contributed by atoms with van der Waals surface area (Å²) in [4.78, 5) is 28.8. The van der Waals surface area contributed by atoms with Crippen molar-refractivity contribution in [2.45, 2.75) is 300 Å². The van der Waals surface area contributed by atoms with Crippen molar-refractivity contribution < 1.29 is 44.6 Å². The second-order valence-corrected chi connectivity index (χ2v) is 20.7. The van der Waals surface area contributed by atoms with Gasteiger partial charge in [0.05, 0.1) is 18.8 Å². The maximum atomic E-state index is 13.3. The van der Waals surface area contributed by atoms with Gasteiger partial charge in [-0.3, -0.25) is 9.59 Å². The molecule has 0 saturated carbocycles. The van der Waals surface area contributed by atoms with E-state index in [1.165, 1.54) is 198 Å². The molecule has 410 valence electrons. The van der Waals surface area contributed by atoms with Gasteiger partial charge in [0.2, 0.25) is 5.91 Å². The normalized spacial score (nSPS) is 19.2. The number of ether oxygens (including phenoxy) is 2. The van der Waals surface area contributed by atoms with Crippen LogP contribution in [0.1, 0.15) is 262 Å². The third-order valence-electron chi connectivity index (χ3n) is 14.4. The first-order valence-electron chi connectivity index (χ1n) is 29.0. The van der Waals surface area contributed by atoms with Crippen LogP contribution in [0.15, 0.2) is 29.4 Å². The van der Waals surface area contributed by atoms with Crippen LogP contribution in [0.4, 0.5) is 5.69 Å². The molecule has 0 radical (unpaired) electrons. The van der Waals surface area contributed by atoms with Gasteiger partial charge >= 0.3 is 0 Å². The van der Waals surface area contributed by atoms with Crippen LogP contribution >= 0.6 is 0 Å². The van der Waals surface area contributed by atoms with Crippen LogP contribution in [0.5, 0.6) is 0 Å². The van der Waals surface area contributed by atoms with Crippen molar-refractivity contribution >= 4 is 17.5 Å². The molecule has 0 bridgehead atoms. The topological polar surface area (TPSA) is 227 Å². The Labute approximate surface area is 430 Å². The number of hydrogen-bond acceptors (Lipinski definition) is 10. The minimum absolute atomic E-state index is 0.248. The van der Waals surface area contributed by atoms with Gasteiger partial charge in [-0.2, -0.15) is 0 Å². The molecule has 0 aromatic heterocycles. The third-order valence-corrected chi connectivity index (χ3v) is 14.4. The van der Waals surface area contributed by atoms with Crippen molar-refractivity contribution in [2.24, 2.45) is 5.11 Å².